The van der Waals surface area contributed by atoms with E-state index in [9.17, 15) is 13.6 Å². The molecule has 1 heterocycles. The largest absolute Gasteiger partial charge is 0.394 e. The van der Waals surface area contributed by atoms with E-state index in [0.29, 0.717) is 13.1 Å². The number of thioether (sulfide) groups is 1. The lowest BCUT2D eigenvalue weighted by molar-refractivity contribution is 0.0763. The van der Waals surface area contributed by atoms with Gasteiger partial charge >= 0.3 is 0 Å². The van der Waals surface area contributed by atoms with Crippen molar-refractivity contribution in [3.63, 3.8) is 0 Å². The third-order valence-electron chi connectivity index (χ3n) is 3.45. The molecule has 0 aromatic heterocycles. The molecule has 0 radical (unpaired) electrons. The maximum Gasteiger partial charge on any atom is 0.254 e. The van der Waals surface area contributed by atoms with Crippen molar-refractivity contribution in [2.24, 2.45) is 0 Å². The van der Waals surface area contributed by atoms with Crippen LogP contribution in [0, 0.1) is 11.6 Å². The average Bonchev–Trinajstić information content (AvgIpc) is 2.55. The van der Waals surface area contributed by atoms with Crippen LogP contribution in [0.25, 0.3) is 0 Å². The van der Waals surface area contributed by atoms with Gasteiger partial charge in [-0.1, -0.05) is 13.8 Å². The van der Waals surface area contributed by atoms with Gasteiger partial charge in [0.2, 0.25) is 0 Å². The number of carbonyl (C=O) groups is 1. The first kappa shape index (κ1) is 15.1. The zero-order valence-corrected chi connectivity index (χ0v) is 12.4. The molecule has 110 valence electrons. The molecule has 2 rings (SSSR count). The van der Waals surface area contributed by atoms with Gasteiger partial charge in [0.05, 0.1) is 0 Å². The van der Waals surface area contributed by atoms with Gasteiger partial charge in [-0.15, -0.1) is 0 Å². The summed E-state index contributed by atoms with van der Waals surface area (Å²) in [4.78, 5) is 14.0. The maximum atomic E-state index is 13.4. The lowest BCUT2D eigenvalue weighted by Crippen LogP contribution is -2.33. The van der Waals surface area contributed by atoms with E-state index >= 15 is 0 Å². The van der Waals surface area contributed by atoms with Gasteiger partial charge in [-0.3, -0.25) is 4.79 Å². The van der Waals surface area contributed by atoms with Crippen LogP contribution in [-0.4, -0.2) is 34.4 Å². The van der Waals surface area contributed by atoms with Crippen LogP contribution < -0.4 is 5.73 Å². The number of hydrogen-bond acceptors (Lipinski definition) is 3. The molecule has 0 saturated carbocycles. The number of carbonyl (C=O) groups excluding carboxylic acids is 1. The Kier molecular flexibility index (Phi) is 4.22. The molecule has 3 nitrogen and oxygen atoms in total. The van der Waals surface area contributed by atoms with Gasteiger partial charge < -0.3 is 10.6 Å². The second-order valence-electron chi connectivity index (χ2n) is 5.50. The zero-order valence-electron chi connectivity index (χ0n) is 11.6. The summed E-state index contributed by atoms with van der Waals surface area (Å²) in [5.74, 6) is -1.31. The second kappa shape index (κ2) is 5.60. The van der Waals surface area contributed by atoms with E-state index in [1.807, 2.05) is 0 Å². The molecule has 0 bridgehead atoms. The van der Waals surface area contributed by atoms with Crippen LogP contribution in [0.15, 0.2) is 12.1 Å². The van der Waals surface area contributed by atoms with Crippen LogP contribution in [0.3, 0.4) is 0 Å². The summed E-state index contributed by atoms with van der Waals surface area (Å²) >= 11 is 1.80. The fourth-order valence-electron chi connectivity index (χ4n) is 2.11. The Morgan fingerprint density at radius 3 is 2.50 bits per heavy atom. The highest BCUT2D eigenvalue weighted by Gasteiger charge is 2.27. The van der Waals surface area contributed by atoms with E-state index in [1.54, 1.807) is 16.7 Å². The van der Waals surface area contributed by atoms with Crippen molar-refractivity contribution < 1.29 is 13.6 Å². The molecular formula is C14H18F2N2OS. The molecule has 0 atom stereocenters. The minimum atomic E-state index is -0.891. The van der Waals surface area contributed by atoms with Gasteiger partial charge in [0.1, 0.15) is 17.3 Å². The molecule has 1 aliphatic rings. The number of benzene rings is 1. The fourth-order valence-corrected chi connectivity index (χ4v) is 3.21. The number of nitrogens with two attached hydrogens (primary N) is 1. The molecule has 0 aliphatic carbocycles. The molecular weight excluding hydrogens is 282 g/mol. The Bertz CT molecular complexity index is 511. The van der Waals surface area contributed by atoms with E-state index in [0.717, 1.165) is 24.3 Å². The number of anilines is 1. The normalized spacial score (nSPS) is 18.7. The van der Waals surface area contributed by atoms with Crippen molar-refractivity contribution in [3.8, 4) is 0 Å². The minimum absolute atomic E-state index is 0.0129. The smallest absolute Gasteiger partial charge is 0.254 e. The highest BCUT2D eigenvalue weighted by molar-refractivity contribution is 8.00. The predicted molar refractivity (Wildman–Crippen MR) is 77.8 cm³/mol. The number of nitrogen functional groups attached to an aromatic ring is 1. The molecule has 1 aliphatic heterocycles. The van der Waals surface area contributed by atoms with Crippen molar-refractivity contribution in [1.82, 2.24) is 4.90 Å². The van der Waals surface area contributed by atoms with E-state index < -0.39 is 17.3 Å². The molecule has 0 spiro atoms. The summed E-state index contributed by atoms with van der Waals surface area (Å²) in [6, 6.07) is 2.01. The second-order valence-corrected chi connectivity index (χ2v) is 7.31. The van der Waals surface area contributed by atoms with Gasteiger partial charge in [0, 0.05) is 29.2 Å². The molecule has 1 aromatic rings. The van der Waals surface area contributed by atoms with E-state index in [4.69, 9.17) is 5.73 Å². The fraction of sp³-hybridized carbons (Fsp3) is 0.500. The van der Waals surface area contributed by atoms with Crippen LogP contribution in [0.5, 0.6) is 0 Å². The Morgan fingerprint density at radius 1 is 1.30 bits per heavy atom. The van der Waals surface area contributed by atoms with Gasteiger partial charge in [-0.05, 0) is 18.6 Å². The van der Waals surface area contributed by atoms with Gasteiger partial charge in [-0.2, -0.15) is 11.8 Å². The van der Waals surface area contributed by atoms with Crippen LogP contribution in [-0.2, 0) is 0 Å². The molecule has 1 amide bonds. The topological polar surface area (TPSA) is 46.3 Å². The summed E-state index contributed by atoms with van der Waals surface area (Å²) in [7, 11) is 0. The van der Waals surface area contributed by atoms with Crippen LogP contribution >= 0.6 is 11.8 Å². The number of rotatable bonds is 1. The first-order valence-corrected chi connectivity index (χ1v) is 7.46. The average molecular weight is 300 g/mol. The highest BCUT2D eigenvalue weighted by Crippen LogP contribution is 2.31. The number of halogens is 2. The van der Waals surface area contributed by atoms with Crippen molar-refractivity contribution in [3.05, 3.63) is 29.3 Å². The summed E-state index contributed by atoms with van der Waals surface area (Å²) in [6.45, 7) is 5.44. The van der Waals surface area contributed by atoms with Crippen molar-refractivity contribution in [1.29, 1.82) is 0 Å². The highest BCUT2D eigenvalue weighted by atomic mass is 32.2. The van der Waals surface area contributed by atoms with Crippen LogP contribution in [0.2, 0.25) is 0 Å². The third-order valence-corrected chi connectivity index (χ3v) is 4.82. The van der Waals surface area contributed by atoms with Crippen LogP contribution in [0.4, 0.5) is 14.5 Å². The zero-order chi connectivity index (χ0) is 14.9. The molecule has 0 unspecified atom stereocenters. The van der Waals surface area contributed by atoms with Crippen LogP contribution in [0.1, 0.15) is 30.6 Å². The number of nitrogens with zero attached hydrogens (tertiary/aromatic N) is 1. The van der Waals surface area contributed by atoms with E-state index in [-0.39, 0.29) is 16.2 Å². The standard InChI is InChI=1S/C14H18F2N2OS/c1-14(2)3-4-18(5-6-20-14)13(19)9-7-10(15)12(17)11(16)8-9/h7-8H,3-6,17H2,1-2H3. The summed E-state index contributed by atoms with van der Waals surface area (Å²) in [6.07, 6.45) is 0.851. The molecule has 1 saturated heterocycles. The minimum Gasteiger partial charge on any atom is -0.394 e. The monoisotopic (exact) mass is 300 g/mol. The van der Waals surface area contributed by atoms with Gasteiger partial charge in [-0.25, -0.2) is 8.78 Å². The third kappa shape index (κ3) is 3.23. The molecule has 20 heavy (non-hydrogen) atoms. The molecule has 2 N–H and O–H groups in total. The van der Waals surface area contributed by atoms with Crippen molar-refractivity contribution in [2.45, 2.75) is 25.0 Å². The Hall–Kier alpha value is -1.30. The van der Waals surface area contributed by atoms with E-state index in [2.05, 4.69) is 13.8 Å². The molecule has 1 aromatic carbocycles. The molecule has 1 fully saturated rings. The quantitative estimate of drug-likeness (QED) is 0.811. The summed E-state index contributed by atoms with van der Waals surface area (Å²) in [5, 5.41) is 0. The predicted octanol–water partition coefficient (Wildman–Crippen LogP) is 2.90. The van der Waals surface area contributed by atoms with Crippen molar-refractivity contribution in [2.75, 3.05) is 24.6 Å². The lowest BCUT2D eigenvalue weighted by Gasteiger charge is -2.23. The first-order chi connectivity index (χ1) is 9.30. The van der Waals surface area contributed by atoms with E-state index in [1.165, 1.54) is 0 Å². The first-order valence-electron chi connectivity index (χ1n) is 6.48. The van der Waals surface area contributed by atoms with Gasteiger partial charge in [0.15, 0.2) is 0 Å². The SMILES string of the molecule is CC1(C)CCN(C(=O)c2cc(F)c(N)c(F)c2)CCS1. The summed E-state index contributed by atoms with van der Waals surface area (Å²) in [5.41, 5.74) is 4.68. The molecule has 6 heteroatoms. The summed E-state index contributed by atoms with van der Waals surface area (Å²) < 4.78 is 27.0. The number of amides is 1. The van der Waals surface area contributed by atoms with Gasteiger partial charge in [0.25, 0.3) is 5.91 Å². The van der Waals surface area contributed by atoms with Crippen molar-refractivity contribution >= 4 is 23.4 Å². The lowest BCUT2D eigenvalue weighted by atomic mass is 10.1. The maximum absolute atomic E-state index is 13.4. The Morgan fingerprint density at radius 2 is 1.90 bits per heavy atom. The number of hydrogen-bond donors (Lipinski definition) is 1. The Balaban J connectivity index is 2.19. The Labute approximate surface area is 121 Å².